The normalized spacial score (nSPS) is 27.1. The van der Waals surface area contributed by atoms with Gasteiger partial charge in [-0.05, 0) is 24.5 Å². The summed E-state index contributed by atoms with van der Waals surface area (Å²) in [6.45, 7) is 3.83. The van der Waals surface area contributed by atoms with Gasteiger partial charge in [-0.25, -0.2) is 0 Å². The summed E-state index contributed by atoms with van der Waals surface area (Å²) in [5, 5.41) is 12.6. The van der Waals surface area contributed by atoms with Crippen molar-refractivity contribution in [2.45, 2.75) is 32.1 Å². The maximum atomic E-state index is 13.2. The molecule has 0 fully saturated rings. The van der Waals surface area contributed by atoms with Crippen molar-refractivity contribution < 1.29 is 14.3 Å². The molecule has 2 unspecified atom stereocenters. The average Bonchev–Trinajstić information content (AvgIpc) is 2.80. The lowest BCUT2D eigenvalue weighted by atomic mass is 9.64. The molecule has 1 spiro atoms. The van der Waals surface area contributed by atoms with Crippen LogP contribution in [0.3, 0.4) is 0 Å². The van der Waals surface area contributed by atoms with Crippen molar-refractivity contribution in [2.75, 3.05) is 5.32 Å². The molecule has 1 amide bonds. The van der Waals surface area contributed by atoms with Gasteiger partial charge in [0.05, 0.1) is 5.57 Å². The van der Waals surface area contributed by atoms with Crippen molar-refractivity contribution in [2.24, 2.45) is 11.7 Å². The second-order valence-corrected chi connectivity index (χ2v) is 7.89. The van der Waals surface area contributed by atoms with Crippen molar-refractivity contribution in [3.05, 3.63) is 50.5 Å². The van der Waals surface area contributed by atoms with Crippen LogP contribution in [0.25, 0.3) is 0 Å². The van der Waals surface area contributed by atoms with Crippen LogP contribution in [0, 0.1) is 24.2 Å². The standard InChI is InChI=1S/C19H16BrN3O3/c1-8-3-14(24)16-15(4-8)26-17(22)11(7-21)19(16)10-5-9(2)12(20)6-13(10)23-18(19)25/h5-6,8H,3-4,22H2,1-2H3,(H,23,25). The van der Waals surface area contributed by atoms with E-state index in [-0.39, 0.29) is 28.7 Å². The SMILES string of the molecule is Cc1cc2c(cc1Br)NC(=O)C21C(C#N)=C(N)OC2=C1C(=O)CC(C)C2. The van der Waals surface area contributed by atoms with Gasteiger partial charge in [-0.3, -0.25) is 9.59 Å². The minimum Gasteiger partial charge on any atom is -0.444 e. The molecule has 4 rings (SSSR count). The minimum atomic E-state index is -1.54. The number of nitrogens with two attached hydrogens (primary N) is 1. The topological polar surface area (TPSA) is 105 Å². The van der Waals surface area contributed by atoms with Gasteiger partial charge in [0.25, 0.3) is 0 Å². The molecule has 0 aromatic heterocycles. The number of ether oxygens (including phenoxy) is 1. The predicted molar refractivity (Wildman–Crippen MR) is 97.5 cm³/mol. The Morgan fingerprint density at radius 3 is 2.81 bits per heavy atom. The van der Waals surface area contributed by atoms with Gasteiger partial charge in [0.15, 0.2) is 5.78 Å². The molecule has 1 aliphatic carbocycles. The van der Waals surface area contributed by atoms with Crippen LogP contribution < -0.4 is 11.1 Å². The summed E-state index contributed by atoms with van der Waals surface area (Å²) in [7, 11) is 0. The number of nitrogens with one attached hydrogen (secondary N) is 1. The van der Waals surface area contributed by atoms with E-state index in [1.807, 2.05) is 26.0 Å². The van der Waals surface area contributed by atoms with E-state index in [4.69, 9.17) is 10.5 Å². The quantitative estimate of drug-likeness (QED) is 0.679. The Kier molecular flexibility index (Phi) is 3.53. The third-order valence-electron chi connectivity index (χ3n) is 5.26. The number of carbonyl (C=O) groups is 2. The number of amides is 1. The Balaban J connectivity index is 2.11. The molecular formula is C19H16BrN3O3. The summed E-state index contributed by atoms with van der Waals surface area (Å²) in [5.74, 6) is -0.248. The number of carbonyl (C=O) groups excluding carboxylic acids is 2. The summed E-state index contributed by atoms with van der Waals surface area (Å²) in [6, 6.07) is 5.64. The lowest BCUT2D eigenvalue weighted by molar-refractivity contribution is -0.123. The third-order valence-corrected chi connectivity index (χ3v) is 6.11. The molecule has 2 heterocycles. The minimum absolute atomic E-state index is 0.0304. The zero-order chi connectivity index (χ0) is 18.8. The number of allylic oxidation sites excluding steroid dienone is 1. The van der Waals surface area contributed by atoms with E-state index < -0.39 is 11.3 Å². The van der Waals surface area contributed by atoms with Gasteiger partial charge in [0.1, 0.15) is 22.8 Å². The zero-order valence-corrected chi connectivity index (χ0v) is 15.9. The summed E-state index contributed by atoms with van der Waals surface area (Å²) in [4.78, 5) is 26.2. The first-order valence-corrected chi connectivity index (χ1v) is 9.07. The van der Waals surface area contributed by atoms with Gasteiger partial charge in [0, 0.05) is 28.6 Å². The van der Waals surface area contributed by atoms with E-state index in [1.54, 1.807) is 6.07 Å². The zero-order valence-electron chi connectivity index (χ0n) is 14.3. The molecule has 6 nitrogen and oxygen atoms in total. The van der Waals surface area contributed by atoms with E-state index in [0.717, 1.165) is 10.0 Å². The number of nitriles is 1. The first-order chi connectivity index (χ1) is 12.3. The molecule has 132 valence electrons. The molecule has 1 aromatic carbocycles. The highest BCUT2D eigenvalue weighted by Gasteiger charge is 2.60. The van der Waals surface area contributed by atoms with Gasteiger partial charge < -0.3 is 15.8 Å². The van der Waals surface area contributed by atoms with Crippen LogP contribution in [-0.4, -0.2) is 11.7 Å². The fourth-order valence-electron chi connectivity index (χ4n) is 4.14. The molecule has 1 aromatic rings. The largest absolute Gasteiger partial charge is 0.444 e. The van der Waals surface area contributed by atoms with Crippen molar-refractivity contribution in [3.63, 3.8) is 0 Å². The van der Waals surface area contributed by atoms with Crippen LogP contribution in [0.5, 0.6) is 0 Å². The number of hydrogen-bond donors (Lipinski definition) is 2. The monoisotopic (exact) mass is 413 g/mol. The van der Waals surface area contributed by atoms with Crippen LogP contribution in [0.1, 0.15) is 30.9 Å². The summed E-state index contributed by atoms with van der Waals surface area (Å²) >= 11 is 3.46. The molecule has 3 N–H and O–H groups in total. The Labute approximate surface area is 158 Å². The smallest absolute Gasteiger partial charge is 0.245 e. The third kappa shape index (κ3) is 1.96. The molecule has 2 aliphatic heterocycles. The first kappa shape index (κ1) is 16.9. The molecule has 26 heavy (non-hydrogen) atoms. The lowest BCUT2D eigenvalue weighted by Gasteiger charge is -2.38. The molecule has 0 saturated heterocycles. The highest BCUT2D eigenvalue weighted by Crippen LogP contribution is 2.54. The van der Waals surface area contributed by atoms with Crippen LogP contribution in [-0.2, 0) is 19.7 Å². The second kappa shape index (κ2) is 5.45. The molecule has 7 heteroatoms. The molecule has 2 atom stereocenters. The lowest BCUT2D eigenvalue weighted by Crippen LogP contribution is -2.47. The number of rotatable bonds is 0. The van der Waals surface area contributed by atoms with Gasteiger partial charge in [0.2, 0.25) is 11.8 Å². The number of aryl methyl sites for hydroxylation is 1. The summed E-state index contributed by atoms with van der Waals surface area (Å²) in [5.41, 5.74) is 6.73. The van der Waals surface area contributed by atoms with Gasteiger partial charge in [-0.2, -0.15) is 5.26 Å². The molecule has 0 bridgehead atoms. The van der Waals surface area contributed by atoms with Gasteiger partial charge >= 0.3 is 0 Å². The van der Waals surface area contributed by atoms with Crippen molar-refractivity contribution in [1.82, 2.24) is 0 Å². The van der Waals surface area contributed by atoms with Crippen molar-refractivity contribution in [3.8, 4) is 6.07 Å². The van der Waals surface area contributed by atoms with Crippen LogP contribution in [0.2, 0.25) is 0 Å². The Morgan fingerprint density at radius 1 is 1.38 bits per heavy atom. The van der Waals surface area contributed by atoms with Gasteiger partial charge in [-0.15, -0.1) is 0 Å². The number of halogens is 1. The Hall–Kier alpha value is -2.59. The predicted octanol–water partition coefficient (Wildman–Crippen LogP) is 2.92. The number of ketones is 1. The number of Topliss-reactive ketones (excluding diaryl/α,β-unsaturated/α-hetero) is 1. The number of fused-ring (bicyclic) bond motifs is 3. The number of benzene rings is 1. The van der Waals surface area contributed by atoms with E-state index in [2.05, 4.69) is 21.2 Å². The van der Waals surface area contributed by atoms with Crippen molar-refractivity contribution >= 4 is 33.3 Å². The fraction of sp³-hybridized carbons (Fsp3) is 0.316. The highest BCUT2D eigenvalue weighted by atomic mass is 79.9. The number of nitrogens with zero attached hydrogens (tertiary/aromatic N) is 1. The maximum Gasteiger partial charge on any atom is 0.245 e. The molecule has 0 radical (unpaired) electrons. The molecule has 0 saturated carbocycles. The van der Waals surface area contributed by atoms with E-state index >= 15 is 0 Å². The van der Waals surface area contributed by atoms with E-state index in [1.165, 1.54) is 0 Å². The average molecular weight is 414 g/mol. The summed E-state index contributed by atoms with van der Waals surface area (Å²) < 4.78 is 6.47. The number of hydrogen-bond acceptors (Lipinski definition) is 5. The van der Waals surface area contributed by atoms with Gasteiger partial charge in [-0.1, -0.05) is 28.9 Å². The second-order valence-electron chi connectivity index (χ2n) is 7.04. The highest BCUT2D eigenvalue weighted by molar-refractivity contribution is 9.10. The maximum absolute atomic E-state index is 13.2. The fourth-order valence-corrected chi connectivity index (χ4v) is 4.48. The number of anilines is 1. The van der Waals surface area contributed by atoms with Crippen LogP contribution in [0.15, 0.2) is 39.4 Å². The first-order valence-electron chi connectivity index (χ1n) is 8.27. The van der Waals surface area contributed by atoms with Crippen molar-refractivity contribution in [1.29, 1.82) is 5.26 Å². The van der Waals surface area contributed by atoms with E-state index in [9.17, 15) is 14.9 Å². The van der Waals surface area contributed by atoms with Crippen LogP contribution >= 0.6 is 15.9 Å². The molecule has 3 aliphatic rings. The van der Waals surface area contributed by atoms with E-state index in [0.29, 0.717) is 29.9 Å². The molecular weight excluding hydrogens is 398 g/mol. The Morgan fingerprint density at radius 2 is 2.12 bits per heavy atom. The summed E-state index contributed by atoms with van der Waals surface area (Å²) in [6.07, 6.45) is 0.807. The Bertz CT molecular complexity index is 1000. The van der Waals surface area contributed by atoms with Crippen LogP contribution in [0.4, 0.5) is 5.69 Å².